The van der Waals surface area contributed by atoms with Crippen molar-refractivity contribution in [3.8, 4) is 0 Å². The molecule has 1 fully saturated rings. The summed E-state index contributed by atoms with van der Waals surface area (Å²) in [5.41, 5.74) is 1.31. The summed E-state index contributed by atoms with van der Waals surface area (Å²) in [4.78, 5) is 4.20. The lowest BCUT2D eigenvalue weighted by molar-refractivity contribution is 0.495. The Labute approximate surface area is 89.3 Å². The molecule has 1 N–H and O–H groups in total. The Morgan fingerprint density at radius 3 is 3.29 bits per heavy atom. The summed E-state index contributed by atoms with van der Waals surface area (Å²) in [6.07, 6.45) is 5.16. The van der Waals surface area contributed by atoms with Gasteiger partial charge in [0.1, 0.15) is 0 Å². The number of imidazole rings is 1. The molecule has 3 nitrogen and oxygen atoms in total. The fourth-order valence-corrected chi connectivity index (χ4v) is 3.16. The number of aromatic nitrogens is 2. The van der Waals surface area contributed by atoms with E-state index in [1.54, 1.807) is 0 Å². The zero-order chi connectivity index (χ0) is 9.97. The van der Waals surface area contributed by atoms with E-state index < -0.39 is 0 Å². The van der Waals surface area contributed by atoms with Gasteiger partial charge in [0, 0.05) is 12.6 Å². The first-order valence-electron chi connectivity index (χ1n) is 5.19. The number of rotatable bonds is 2. The average molecular weight is 211 g/mol. The molecule has 1 aromatic heterocycles. The molecule has 0 bridgehead atoms. The predicted molar refractivity (Wildman–Crippen MR) is 60.3 cm³/mol. The average Bonchev–Trinajstić information content (AvgIpc) is 2.65. The van der Waals surface area contributed by atoms with E-state index in [4.69, 9.17) is 0 Å². The highest BCUT2D eigenvalue weighted by Crippen LogP contribution is 2.31. The maximum Gasteiger partial charge on any atom is 0.0960 e. The molecule has 0 aromatic carbocycles. The number of hydrogen-bond donors (Lipinski definition) is 1. The van der Waals surface area contributed by atoms with Crippen LogP contribution in [0.5, 0.6) is 0 Å². The molecule has 4 heteroatoms. The van der Waals surface area contributed by atoms with Gasteiger partial charge in [-0.25, -0.2) is 4.98 Å². The predicted octanol–water partition coefficient (Wildman–Crippen LogP) is 2.02. The summed E-state index contributed by atoms with van der Waals surface area (Å²) in [6.45, 7) is 5.41. The van der Waals surface area contributed by atoms with Crippen LogP contribution in [0.3, 0.4) is 0 Å². The molecule has 0 aliphatic carbocycles. The van der Waals surface area contributed by atoms with Crippen LogP contribution < -0.4 is 5.32 Å². The van der Waals surface area contributed by atoms with Crippen LogP contribution >= 0.6 is 11.8 Å². The molecule has 2 rings (SSSR count). The van der Waals surface area contributed by atoms with Gasteiger partial charge in [0.2, 0.25) is 0 Å². The number of nitrogens with zero attached hydrogens (tertiary/aromatic N) is 2. The van der Waals surface area contributed by atoms with Crippen molar-refractivity contribution in [1.82, 2.24) is 14.9 Å². The number of nitrogens with one attached hydrogen (secondary N) is 1. The van der Waals surface area contributed by atoms with Crippen molar-refractivity contribution in [2.75, 3.05) is 5.75 Å². The molecule has 2 heterocycles. The van der Waals surface area contributed by atoms with Crippen LogP contribution in [-0.2, 0) is 6.54 Å². The summed E-state index contributed by atoms with van der Waals surface area (Å²) in [6, 6.07) is 0.626. The Hall–Kier alpha value is -0.480. The summed E-state index contributed by atoms with van der Waals surface area (Å²) in [5.74, 6) is 1.24. The van der Waals surface area contributed by atoms with Crippen LogP contribution in [0.1, 0.15) is 31.3 Å². The second kappa shape index (κ2) is 4.36. The van der Waals surface area contributed by atoms with Gasteiger partial charge in [-0.3, -0.25) is 5.32 Å². The molecular formula is C10H17N3S. The van der Waals surface area contributed by atoms with Crippen LogP contribution in [0.4, 0.5) is 0 Å². The Morgan fingerprint density at radius 2 is 2.57 bits per heavy atom. The second-order valence-corrected chi connectivity index (χ2v) is 4.92. The highest BCUT2D eigenvalue weighted by molar-refractivity contribution is 7.99. The lowest BCUT2D eigenvalue weighted by Crippen LogP contribution is -2.34. The first-order chi connectivity index (χ1) is 6.81. The van der Waals surface area contributed by atoms with E-state index in [-0.39, 0.29) is 0 Å². The first kappa shape index (κ1) is 10.1. The lowest BCUT2D eigenvalue weighted by atomic mass is 10.2. The van der Waals surface area contributed by atoms with E-state index in [1.807, 2.05) is 24.3 Å². The van der Waals surface area contributed by atoms with Crippen molar-refractivity contribution in [2.45, 2.75) is 38.2 Å². The van der Waals surface area contributed by atoms with E-state index in [2.05, 4.69) is 28.7 Å². The molecule has 2 atom stereocenters. The van der Waals surface area contributed by atoms with Crippen LogP contribution in [0, 0.1) is 0 Å². The minimum absolute atomic E-state index is 0.432. The third-order valence-corrected chi connectivity index (χ3v) is 3.81. The highest BCUT2D eigenvalue weighted by Gasteiger charge is 2.22. The smallest absolute Gasteiger partial charge is 0.0960 e. The van der Waals surface area contributed by atoms with Crippen molar-refractivity contribution in [2.24, 2.45) is 0 Å². The minimum atomic E-state index is 0.432. The summed E-state index contributed by atoms with van der Waals surface area (Å²) in [7, 11) is 0. The monoisotopic (exact) mass is 211 g/mol. The SMILES string of the molecule is CCn1cncc1C1NC(C)CCS1. The van der Waals surface area contributed by atoms with Crippen molar-refractivity contribution >= 4 is 11.8 Å². The molecule has 1 aliphatic rings. The van der Waals surface area contributed by atoms with Gasteiger partial charge in [-0.2, -0.15) is 0 Å². The normalized spacial score (nSPS) is 27.9. The molecule has 0 saturated carbocycles. The Morgan fingerprint density at radius 1 is 1.71 bits per heavy atom. The van der Waals surface area contributed by atoms with E-state index in [0.29, 0.717) is 11.4 Å². The molecule has 1 saturated heterocycles. The van der Waals surface area contributed by atoms with Crippen LogP contribution in [-0.4, -0.2) is 21.3 Å². The fourth-order valence-electron chi connectivity index (χ4n) is 1.74. The first-order valence-corrected chi connectivity index (χ1v) is 6.23. The second-order valence-electron chi connectivity index (χ2n) is 3.71. The number of aryl methyl sites for hydroxylation is 1. The van der Waals surface area contributed by atoms with Gasteiger partial charge in [0.15, 0.2) is 0 Å². The highest BCUT2D eigenvalue weighted by atomic mass is 32.2. The van der Waals surface area contributed by atoms with Gasteiger partial charge in [-0.15, -0.1) is 11.8 Å². The fraction of sp³-hybridized carbons (Fsp3) is 0.700. The minimum Gasteiger partial charge on any atom is -0.333 e. The van der Waals surface area contributed by atoms with Crippen molar-refractivity contribution in [3.63, 3.8) is 0 Å². The number of hydrogen-bond acceptors (Lipinski definition) is 3. The Balaban J connectivity index is 2.13. The van der Waals surface area contributed by atoms with Gasteiger partial charge in [0.05, 0.1) is 23.6 Å². The Kier molecular flexibility index (Phi) is 3.13. The van der Waals surface area contributed by atoms with Gasteiger partial charge >= 0.3 is 0 Å². The zero-order valence-electron chi connectivity index (χ0n) is 8.73. The molecule has 0 amide bonds. The van der Waals surface area contributed by atoms with Crippen LogP contribution in [0.2, 0.25) is 0 Å². The largest absolute Gasteiger partial charge is 0.333 e. The summed E-state index contributed by atoms with van der Waals surface area (Å²) < 4.78 is 2.21. The van der Waals surface area contributed by atoms with Gasteiger partial charge in [-0.1, -0.05) is 0 Å². The van der Waals surface area contributed by atoms with Crippen LogP contribution in [0.15, 0.2) is 12.5 Å². The van der Waals surface area contributed by atoms with Crippen molar-refractivity contribution in [3.05, 3.63) is 18.2 Å². The molecule has 1 aliphatic heterocycles. The maximum absolute atomic E-state index is 4.20. The van der Waals surface area contributed by atoms with E-state index in [0.717, 1.165) is 6.54 Å². The number of thioether (sulfide) groups is 1. The van der Waals surface area contributed by atoms with Crippen LogP contribution in [0.25, 0.3) is 0 Å². The lowest BCUT2D eigenvalue weighted by Gasteiger charge is -2.28. The molecular weight excluding hydrogens is 194 g/mol. The molecule has 0 spiro atoms. The Bertz CT molecular complexity index is 297. The van der Waals surface area contributed by atoms with E-state index in [9.17, 15) is 0 Å². The van der Waals surface area contributed by atoms with Crippen molar-refractivity contribution < 1.29 is 0 Å². The molecule has 2 unspecified atom stereocenters. The van der Waals surface area contributed by atoms with Gasteiger partial charge in [-0.05, 0) is 26.0 Å². The molecule has 78 valence electrons. The topological polar surface area (TPSA) is 29.9 Å². The zero-order valence-corrected chi connectivity index (χ0v) is 9.55. The third-order valence-electron chi connectivity index (χ3n) is 2.63. The van der Waals surface area contributed by atoms with E-state index >= 15 is 0 Å². The van der Waals surface area contributed by atoms with Gasteiger partial charge < -0.3 is 4.57 Å². The summed E-state index contributed by atoms with van der Waals surface area (Å²) >= 11 is 1.98. The van der Waals surface area contributed by atoms with Gasteiger partial charge in [0.25, 0.3) is 0 Å². The molecule has 1 aromatic rings. The van der Waals surface area contributed by atoms with E-state index in [1.165, 1.54) is 17.9 Å². The molecule has 14 heavy (non-hydrogen) atoms. The van der Waals surface area contributed by atoms with Crippen molar-refractivity contribution in [1.29, 1.82) is 0 Å². The summed E-state index contributed by atoms with van der Waals surface area (Å²) in [5, 5.41) is 4.03. The quantitative estimate of drug-likeness (QED) is 0.811. The maximum atomic E-state index is 4.20. The standard InChI is InChI=1S/C10H17N3S/c1-3-13-7-11-6-9(13)10-12-8(2)4-5-14-10/h6-8,10,12H,3-5H2,1-2H3. The molecule has 0 radical (unpaired) electrons. The third kappa shape index (κ3) is 1.96.